The van der Waals surface area contributed by atoms with E-state index in [1.165, 1.54) is 0 Å². The molecule has 1 heterocycles. The molecule has 0 aliphatic carbocycles. The lowest BCUT2D eigenvalue weighted by Gasteiger charge is -2.32. The van der Waals surface area contributed by atoms with Crippen molar-refractivity contribution in [1.82, 2.24) is 9.80 Å². The van der Waals surface area contributed by atoms with E-state index >= 15 is 0 Å². The predicted octanol–water partition coefficient (Wildman–Crippen LogP) is 0.310. The van der Waals surface area contributed by atoms with Gasteiger partial charge in [-0.15, -0.1) is 0 Å². The molecule has 13 heavy (non-hydrogen) atoms. The molecule has 0 amide bonds. The number of piperazine rings is 1. The zero-order valence-corrected chi connectivity index (χ0v) is 8.69. The fourth-order valence-corrected chi connectivity index (χ4v) is 1.40. The molecular formula is C9H18N4. The molecule has 0 aromatic rings. The lowest BCUT2D eigenvalue weighted by molar-refractivity contribution is 0.214. The van der Waals surface area contributed by atoms with Crippen molar-refractivity contribution in [1.29, 1.82) is 0 Å². The van der Waals surface area contributed by atoms with E-state index in [0.717, 1.165) is 32.1 Å². The van der Waals surface area contributed by atoms with Gasteiger partial charge in [0, 0.05) is 39.4 Å². The van der Waals surface area contributed by atoms with Crippen molar-refractivity contribution in [2.24, 2.45) is 9.98 Å². The summed E-state index contributed by atoms with van der Waals surface area (Å²) in [5.74, 6) is 0.857. The van der Waals surface area contributed by atoms with Crippen LogP contribution in [-0.4, -0.2) is 62.2 Å². The van der Waals surface area contributed by atoms with E-state index in [-0.39, 0.29) is 0 Å². The Morgan fingerprint density at radius 1 is 1.23 bits per heavy atom. The number of hydrogen-bond acceptors (Lipinski definition) is 2. The van der Waals surface area contributed by atoms with Crippen LogP contribution in [0.2, 0.25) is 0 Å². The smallest absolute Gasteiger partial charge is 0.220 e. The Hall–Kier alpha value is -0.900. The molecule has 0 spiro atoms. The second-order valence-corrected chi connectivity index (χ2v) is 3.20. The minimum absolute atomic E-state index is 0.857. The quantitative estimate of drug-likeness (QED) is 0.399. The van der Waals surface area contributed by atoms with Crippen molar-refractivity contribution in [2.45, 2.75) is 6.92 Å². The van der Waals surface area contributed by atoms with Crippen molar-refractivity contribution in [3.8, 4) is 0 Å². The molecular weight excluding hydrogens is 164 g/mol. The van der Waals surface area contributed by atoms with Gasteiger partial charge >= 0.3 is 0 Å². The topological polar surface area (TPSA) is 31.2 Å². The third-order valence-corrected chi connectivity index (χ3v) is 2.23. The Morgan fingerprint density at radius 3 is 2.31 bits per heavy atom. The molecule has 1 aliphatic rings. The number of hydrogen-bond donors (Lipinski definition) is 0. The highest BCUT2D eigenvalue weighted by Crippen LogP contribution is 2.01. The van der Waals surface area contributed by atoms with Crippen LogP contribution >= 0.6 is 0 Å². The summed E-state index contributed by atoms with van der Waals surface area (Å²) in [6.07, 6.45) is 1.79. The molecule has 1 saturated heterocycles. The average Bonchev–Trinajstić information content (AvgIpc) is 2.16. The van der Waals surface area contributed by atoms with Gasteiger partial charge in [0.25, 0.3) is 0 Å². The third kappa shape index (κ3) is 2.81. The monoisotopic (exact) mass is 182 g/mol. The van der Waals surface area contributed by atoms with Crippen LogP contribution in [-0.2, 0) is 0 Å². The molecule has 4 heteroatoms. The van der Waals surface area contributed by atoms with Gasteiger partial charge in [0.15, 0.2) is 0 Å². The van der Waals surface area contributed by atoms with Gasteiger partial charge in [-0.2, -0.15) is 0 Å². The van der Waals surface area contributed by atoms with E-state index in [2.05, 4.69) is 26.8 Å². The Kier molecular flexibility index (Phi) is 3.89. The molecule has 4 nitrogen and oxygen atoms in total. The summed E-state index contributed by atoms with van der Waals surface area (Å²) in [7, 11) is 3.93. The number of guanidine groups is 1. The van der Waals surface area contributed by atoms with E-state index in [1.807, 2.05) is 6.92 Å². The molecule has 0 N–H and O–H groups in total. The summed E-state index contributed by atoms with van der Waals surface area (Å²) in [5, 5.41) is 0. The van der Waals surface area contributed by atoms with Crippen LogP contribution in [0.5, 0.6) is 0 Å². The largest absolute Gasteiger partial charge is 0.339 e. The summed E-state index contributed by atoms with van der Waals surface area (Å²) < 4.78 is 0. The van der Waals surface area contributed by atoms with E-state index in [1.54, 1.807) is 13.3 Å². The first-order valence-corrected chi connectivity index (χ1v) is 4.67. The molecule has 0 unspecified atom stereocenters. The molecule has 0 aromatic heterocycles. The summed E-state index contributed by atoms with van der Waals surface area (Å²) in [6.45, 7) is 6.17. The first-order chi connectivity index (χ1) is 6.27. The highest BCUT2D eigenvalue weighted by molar-refractivity contribution is 5.87. The predicted molar refractivity (Wildman–Crippen MR) is 56.6 cm³/mol. The van der Waals surface area contributed by atoms with Crippen LogP contribution in [0.3, 0.4) is 0 Å². The summed E-state index contributed by atoms with van der Waals surface area (Å²) in [4.78, 5) is 12.9. The molecule has 0 radical (unpaired) electrons. The van der Waals surface area contributed by atoms with Crippen LogP contribution in [0.1, 0.15) is 6.92 Å². The molecule has 74 valence electrons. The van der Waals surface area contributed by atoms with Crippen molar-refractivity contribution in [3.05, 3.63) is 0 Å². The van der Waals surface area contributed by atoms with Crippen LogP contribution in [0.4, 0.5) is 0 Å². The van der Waals surface area contributed by atoms with Crippen LogP contribution in [0.25, 0.3) is 0 Å². The SMILES string of the molecule is C/C=N\C(=NC)N1CCN(C)CC1. The minimum atomic E-state index is 0.857. The second-order valence-electron chi connectivity index (χ2n) is 3.20. The van der Waals surface area contributed by atoms with Gasteiger partial charge in [0.2, 0.25) is 5.96 Å². The minimum Gasteiger partial charge on any atom is -0.339 e. The fourth-order valence-electron chi connectivity index (χ4n) is 1.40. The highest BCUT2D eigenvalue weighted by Gasteiger charge is 2.15. The maximum Gasteiger partial charge on any atom is 0.220 e. The maximum absolute atomic E-state index is 4.22. The van der Waals surface area contributed by atoms with Gasteiger partial charge in [-0.3, -0.25) is 4.99 Å². The highest BCUT2D eigenvalue weighted by atomic mass is 15.3. The average molecular weight is 182 g/mol. The van der Waals surface area contributed by atoms with Crippen molar-refractivity contribution in [3.63, 3.8) is 0 Å². The Labute approximate surface area is 80.0 Å². The lowest BCUT2D eigenvalue weighted by atomic mass is 10.3. The first kappa shape index (κ1) is 10.2. The van der Waals surface area contributed by atoms with Gasteiger partial charge in [0.1, 0.15) is 0 Å². The molecule has 1 aliphatic heterocycles. The summed E-state index contributed by atoms with van der Waals surface area (Å²) in [6, 6.07) is 0. The van der Waals surface area contributed by atoms with Gasteiger partial charge < -0.3 is 9.80 Å². The van der Waals surface area contributed by atoms with Gasteiger partial charge in [0.05, 0.1) is 0 Å². The van der Waals surface area contributed by atoms with Crippen molar-refractivity contribution in [2.75, 3.05) is 40.3 Å². The molecule has 1 rings (SSSR count). The van der Waals surface area contributed by atoms with E-state index in [9.17, 15) is 0 Å². The van der Waals surface area contributed by atoms with E-state index in [0.29, 0.717) is 0 Å². The summed E-state index contributed by atoms with van der Waals surface area (Å²) >= 11 is 0. The number of aliphatic imine (C=N–C) groups is 2. The van der Waals surface area contributed by atoms with Crippen molar-refractivity contribution < 1.29 is 0 Å². The Balaban J connectivity index is 2.52. The standard InChI is InChI=1S/C9H18N4/c1-4-11-9(10-2)13-7-5-12(3)6-8-13/h4H,5-8H2,1-3H3/b10-9?,11-4-. The normalized spacial score (nSPS) is 21.5. The fraction of sp³-hybridized carbons (Fsp3) is 0.778. The van der Waals surface area contributed by atoms with Crippen LogP contribution in [0.15, 0.2) is 9.98 Å². The maximum atomic E-state index is 4.22. The van der Waals surface area contributed by atoms with Gasteiger partial charge in [-0.25, -0.2) is 4.99 Å². The zero-order valence-electron chi connectivity index (χ0n) is 8.69. The van der Waals surface area contributed by atoms with Crippen LogP contribution in [0, 0.1) is 0 Å². The Bertz CT molecular complexity index is 202. The van der Waals surface area contributed by atoms with Crippen LogP contribution < -0.4 is 0 Å². The zero-order chi connectivity index (χ0) is 9.68. The molecule has 0 aromatic carbocycles. The number of likely N-dealkylation sites (N-methyl/N-ethyl adjacent to an activating group) is 1. The second kappa shape index (κ2) is 4.97. The third-order valence-electron chi connectivity index (χ3n) is 2.23. The first-order valence-electron chi connectivity index (χ1n) is 4.67. The molecule has 0 bridgehead atoms. The van der Waals surface area contributed by atoms with Crippen molar-refractivity contribution >= 4 is 12.2 Å². The van der Waals surface area contributed by atoms with E-state index in [4.69, 9.17) is 0 Å². The Morgan fingerprint density at radius 2 is 1.85 bits per heavy atom. The van der Waals surface area contributed by atoms with E-state index < -0.39 is 0 Å². The summed E-state index contributed by atoms with van der Waals surface area (Å²) in [5.41, 5.74) is 0. The van der Waals surface area contributed by atoms with Gasteiger partial charge in [-0.05, 0) is 14.0 Å². The number of rotatable bonds is 0. The molecule has 1 fully saturated rings. The molecule has 0 atom stereocenters. The lowest BCUT2D eigenvalue weighted by Crippen LogP contribution is -2.46. The molecule has 0 saturated carbocycles. The van der Waals surface area contributed by atoms with Gasteiger partial charge in [-0.1, -0.05) is 0 Å². The number of nitrogens with zero attached hydrogens (tertiary/aromatic N) is 4.